The number of fused-ring (bicyclic) bond motifs is 3. The molecule has 3 saturated heterocycles. The SMILES string of the molecule is CC12OCC(CCCO)(CO1)CO2. The Morgan fingerprint density at radius 3 is 2.15 bits per heavy atom. The summed E-state index contributed by atoms with van der Waals surface area (Å²) in [4.78, 5) is 0. The van der Waals surface area contributed by atoms with Crippen molar-refractivity contribution >= 4 is 0 Å². The lowest BCUT2D eigenvalue weighted by Crippen LogP contribution is -2.58. The van der Waals surface area contributed by atoms with Gasteiger partial charge >= 0.3 is 0 Å². The van der Waals surface area contributed by atoms with Gasteiger partial charge in [0.2, 0.25) is 0 Å². The van der Waals surface area contributed by atoms with E-state index in [1.54, 1.807) is 6.92 Å². The van der Waals surface area contributed by atoms with Crippen molar-refractivity contribution in [1.29, 1.82) is 0 Å². The molecule has 2 bridgehead atoms. The monoisotopic (exact) mass is 188 g/mol. The molecular formula is C9H16O4. The molecule has 0 aromatic rings. The molecule has 0 amide bonds. The maximum atomic E-state index is 8.75. The second-order valence-corrected chi connectivity index (χ2v) is 4.06. The average molecular weight is 188 g/mol. The van der Waals surface area contributed by atoms with E-state index in [0.29, 0.717) is 19.8 Å². The largest absolute Gasteiger partial charge is 0.396 e. The van der Waals surface area contributed by atoms with E-state index in [1.807, 2.05) is 0 Å². The number of hydrogen-bond donors (Lipinski definition) is 1. The molecule has 0 unspecified atom stereocenters. The van der Waals surface area contributed by atoms with E-state index in [1.165, 1.54) is 0 Å². The normalized spacial score (nSPS) is 43.8. The molecule has 0 aliphatic carbocycles. The molecule has 1 N–H and O–H groups in total. The van der Waals surface area contributed by atoms with Crippen LogP contribution in [0.4, 0.5) is 0 Å². The van der Waals surface area contributed by atoms with Gasteiger partial charge in [-0.15, -0.1) is 0 Å². The van der Waals surface area contributed by atoms with E-state index in [9.17, 15) is 0 Å². The molecule has 0 saturated carbocycles. The van der Waals surface area contributed by atoms with Gasteiger partial charge in [0.05, 0.1) is 19.8 Å². The van der Waals surface area contributed by atoms with Crippen molar-refractivity contribution in [3.8, 4) is 0 Å². The summed E-state index contributed by atoms with van der Waals surface area (Å²) in [6.45, 7) is 4.07. The minimum atomic E-state index is -0.805. The van der Waals surface area contributed by atoms with Crippen LogP contribution in [0.2, 0.25) is 0 Å². The molecule has 3 aliphatic heterocycles. The Morgan fingerprint density at radius 1 is 1.15 bits per heavy atom. The van der Waals surface area contributed by atoms with Gasteiger partial charge in [0.15, 0.2) is 0 Å². The Labute approximate surface area is 77.8 Å². The minimum absolute atomic E-state index is 0.0134. The highest BCUT2D eigenvalue weighted by Crippen LogP contribution is 2.40. The van der Waals surface area contributed by atoms with Crippen molar-refractivity contribution in [2.75, 3.05) is 26.4 Å². The number of aliphatic hydroxyl groups excluding tert-OH is 1. The summed E-state index contributed by atoms with van der Waals surface area (Å²) in [5, 5.41) is 8.75. The summed E-state index contributed by atoms with van der Waals surface area (Å²) in [5.74, 6) is -0.805. The van der Waals surface area contributed by atoms with E-state index in [4.69, 9.17) is 19.3 Å². The van der Waals surface area contributed by atoms with Gasteiger partial charge in [-0.05, 0) is 12.8 Å². The molecule has 0 spiro atoms. The number of ether oxygens (including phenoxy) is 3. The third-order valence-electron chi connectivity index (χ3n) is 2.79. The molecule has 0 aromatic carbocycles. The van der Waals surface area contributed by atoms with E-state index < -0.39 is 5.97 Å². The lowest BCUT2D eigenvalue weighted by Gasteiger charge is -2.50. The van der Waals surface area contributed by atoms with Crippen molar-refractivity contribution < 1.29 is 19.3 Å². The van der Waals surface area contributed by atoms with Crippen LogP contribution in [0.15, 0.2) is 0 Å². The van der Waals surface area contributed by atoms with Crippen molar-refractivity contribution in [3.05, 3.63) is 0 Å². The summed E-state index contributed by atoms with van der Waals surface area (Å²) in [6, 6.07) is 0. The molecular weight excluding hydrogens is 172 g/mol. The summed E-state index contributed by atoms with van der Waals surface area (Å²) in [5.41, 5.74) is -0.0134. The number of aliphatic hydroxyl groups is 1. The van der Waals surface area contributed by atoms with Crippen LogP contribution < -0.4 is 0 Å². The Hall–Kier alpha value is -0.160. The molecule has 3 rings (SSSR count). The van der Waals surface area contributed by atoms with Crippen LogP contribution in [0.5, 0.6) is 0 Å². The van der Waals surface area contributed by atoms with Gasteiger partial charge in [0.1, 0.15) is 0 Å². The topological polar surface area (TPSA) is 47.9 Å². The van der Waals surface area contributed by atoms with Crippen LogP contribution in [0.3, 0.4) is 0 Å². The zero-order chi connectivity index (χ0) is 9.36. The molecule has 3 heterocycles. The first-order valence-electron chi connectivity index (χ1n) is 4.71. The van der Waals surface area contributed by atoms with Crippen LogP contribution in [-0.4, -0.2) is 37.5 Å². The molecule has 13 heavy (non-hydrogen) atoms. The van der Waals surface area contributed by atoms with Crippen molar-refractivity contribution in [1.82, 2.24) is 0 Å². The molecule has 0 atom stereocenters. The molecule has 4 nitrogen and oxygen atoms in total. The smallest absolute Gasteiger partial charge is 0.279 e. The highest BCUT2D eigenvalue weighted by molar-refractivity contribution is 4.86. The average Bonchev–Trinajstić information content (AvgIpc) is 2.18. The fraction of sp³-hybridized carbons (Fsp3) is 1.00. The van der Waals surface area contributed by atoms with Gasteiger partial charge < -0.3 is 19.3 Å². The predicted octanol–water partition coefficient (Wildman–Crippen LogP) is 0.496. The van der Waals surface area contributed by atoms with Gasteiger partial charge in [0, 0.05) is 18.9 Å². The van der Waals surface area contributed by atoms with Crippen LogP contribution in [0.1, 0.15) is 19.8 Å². The first kappa shape index (κ1) is 9.40. The number of rotatable bonds is 3. The third kappa shape index (κ3) is 1.72. The second kappa shape index (κ2) is 3.20. The molecule has 76 valence electrons. The van der Waals surface area contributed by atoms with Crippen molar-refractivity contribution in [2.45, 2.75) is 25.7 Å². The molecule has 4 heteroatoms. The first-order valence-corrected chi connectivity index (χ1v) is 4.71. The van der Waals surface area contributed by atoms with Gasteiger partial charge in [-0.25, -0.2) is 0 Å². The maximum absolute atomic E-state index is 8.75. The molecule has 3 aliphatic rings. The lowest BCUT2D eigenvalue weighted by atomic mass is 9.84. The van der Waals surface area contributed by atoms with Crippen molar-refractivity contribution in [2.24, 2.45) is 5.41 Å². The van der Waals surface area contributed by atoms with E-state index in [0.717, 1.165) is 12.8 Å². The highest BCUT2D eigenvalue weighted by Gasteiger charge is 2.49. The number of hydrogen-bond acceptors (Lipinski definition) is 4. The first-order chi connectivity index (χ1) is 6.18. The van der Waals surface area contributed by atoms with Crippen molar-refractivity contribution in [3.63, 3.8) is 0 Å². The van der Waals surface area contributed by atoms with Gasteiger partial charge in [-0.2, -0.15) is 0 Å². The highest BCUT2D eigenvalue weighted by atomic mass is 16.9. The molecule has 0 aromatic heterocycles. The summed E-state index contributed by atoms with van der Waals surface area (Å²) >= 11 is 0. The van der Waals surface area contributed by atoms with Gasteiger partial charge in [0.25, 0.3) is 5.97 Å². The standard InChI is InChI=1S/C9H16O4/c1-8-11-5-9(6-12-8,7-13-8)3-2-4-10/h10H,2-7H2,1H3. The van der Waals surface area contributed by atoms with E-state index in [-0.39, 0.29) is 12.0 Å². The second-order valence-electron chi connectivity index (χ2n) is 4.06. The minimum Gasteiger partial charge on any atom is -0.396 e. The maximum Gasteiger partial charge on any atom is 0.279 e. The summed E-state index contributed by atoms with van der Waals surface area (Å²) in [6.07, 6.45) is 1.69. The lowest BCUT2D eigenvalue weighted by molar-refractivity contribution is -0.460. The van der Waals surface area contributed by atoms with Crippen LogP contribution in [-0.2, 0) is 14.2 Å². The summed E-state index contributed by atoms with van der Waals surface area (Å²) in [7, 11) is 0. The Bertz CT molecular complexity index is 162. The zero-order valence-electron chi connectivity index (χ0n) is 7.91. The van der Waals surface area contributed by atoms with Crippen LogP contribution >= 0.6 is 0 Å². The van der Waals surface area contributed by atoms with Gasteiger partial charge in [-0.1, -0.05) is 0 Å². The predicted molar refractivity (Wildman–Crippen MR) is 45.0 cm³/mol. The van der Waals surface area contributed by atoms with Crippen LogP contribution in [0, 0.1) is 5.41 Å². The Balaban J connectivity index is 1.95. The Kier molecular flexibility index (Phi) is 2.32. The fourth-order valence-electron chi connectivity index (χ4n) is 1.77. The quantitative estimate of drug-likeness (QED) is 0.700. The molecule has 3 fully saturated rings. The fourth-order valence-corrected chi connectivity index (χ4v) is 1.77. The zero-order valence-corrected chi connectivity index (χ0v) is 7.91. The third-order valence-corrected chi connectivity index (χ3v) is 2.79. The van der Waals surface area contributed by atoms with E-state index >= 15 is 0 Å². The summed E-state index contributed by atoms with van der Waals surface area (Å²) < 4.78 is 16.3. The van der Waals surface area contributed by atoms with E-state index in [2.05, 4.69) is 0 Å². The van der Waals surface area contributed by atoms with Gasteiger partial charge in [-0.3, -0.25) is 0 Å². The Morgan fingerprint density at radius 2 is 1.69 bits per heavy atom. The molecule has 0 radical (unpaired) electrons. The van der Waals surface area contributed by atoms with Crippen LogP contribution in [0.25, 0.3) is 0 Å².